The molecule has 0 spiro atoms. The highest BCUT2D eigenvalue weighted by Crippen LogP contribution is 2.21. The minimum atomic E-state index is -0.180. The van der Waals surface area contributed by atoms with Crippen molar-refractivity contribution in [3.8, 4) is 0 Å². The molecule has 0 amide bonds. The van der Waals surface area contributed by atoms with Gasteiger partial charge in [0.1, 0.15) is 5.82 Å². The SMILES string of the molecule is CC(Cc1ccc(Br)cc1)NC(C)c1ccc(Br)cc1F. The summed E-state index contributed by atoms with van der Waals surface area (Å²) in [6, 6.07) is 13.7. The third-order valence-corrected chi connectivity index (χ3v) is 4.44. The smallest absolute Gasteiger partial charge is 0.129 e. The van der Waals surface area contributed by atoms with Crippen LogP contribution in [-0.2, 0) is 6.42 Å². The van der Waals surface area contributed by atoms with Crippen molar-refractivity contribution in [3.63, 3.8) is 0 Å². The van der Waals surface area contributed by atoms with Gasteiger partial charge < -0.3 is 5.32 Å². The number of hydrogen-bond acceptors (Lipinski definition) is 1. The van der Waals surface area contributed by atoms with Crippen molar-refractivity contribution in [2.75, 3.05) is 0 Å². The first-order valence-electron chi connectivity index (χ1n) is 6.91. The van der Waals surface area contributed by atoms with Crippen LogP contribution in [0.25, 0.3) is 0 Å². The van der Waals surface area contributed by atoms with E-state index in [1.54, 1.807) is 0 Å². The Kier molecular flexibility index (Phi) is 5.97. The molecule has 0 saturated carbocycles. The van der Waals surface area contributed by atoms with Crippen LogP contribution in [0, 0.1) is 5.82 Å². The third kappa shape index (κ3) is 4.90. The van der Waals surface area contributed by atoms with Gasteiger partial charge in [-0.15, -0.1) is 0 Å². The average Bonchev–Trinajstić information content (AvgIpc) is 2.41. The Labute approximate surface area is 142 Å². The fraction of sp³-hybridized carbons (Fsp3) is 0.294. The monoisotopic (exact) mass is 413 g/mol. The van der Waals surface area contributed by atoms with Crippen LogP contribution in [0.2, 0.25) is 0 Å². The maximum absolute atomic E-state index is 13.9. The summed E-state index contributed by atoms with van der Waals surface area (Å²) in [5, 5.41) is 3.45. The predicted molar refractivity (Wildman–Crippen MR) is 93.0 cm³/mol. The van der Waals surface area contributed by atoms with E-state index < -0.39 is 0 Å². The maximum Gasteiger partial charge on any atom is 0.129 e. The highest BCUT2D eigenvalue weighted by atomic mass is 79.9. The van der Waals surface area contributed by atoms with Gasteiger partial charge in [-0.25, -0.2) is 4.39 Å². The molecule has 2 unspecified atom stereocenters. The summed E-state index contributed by atoms with van der Waals surface area (Å²) in [6.07, 6.45) is 0.912. The van der Waals surface area contributed by atoms with Gasteiger partial charge in [-0.2, -0.15) is 0 Å². The molecule has 0 aromatic heterocycles. The first kappa shape index (κ1) is 16.7. The van der Waals surface area contributed by atoms with Crippen molar-refractivity contribution in [2.45, 2.75) is 32.4 Å². The molecule has 0 aliphatic heterocycles. The van der Waals surface area contributed by atoms with E-state index in [1.165, 1.54) is 11.6 Å². The fourth-order valence-corrected chi connectivity index (χ4v) is 3.00. The fourth-order valence-electron chi connectivity index (χ4n) is 2.40. The van der Waals surface area contributed by atoms with Gasteiger partial charge in [0.2, 0.25) is 0 Å². The zero-order chi connectivity index (χ0) is 15.4. The molecule has 0 radical (unpaired) electrons. The quantitative estimate of drug-likeness (QED) is 0.668. The molecule has 0 saturated heterocycles. The number of hydrogen-bond donors (Lipinski definition) is 1. The van der Waals surface area contributed by atoms with Gasteiger partial charge >= 0.3 is 0 Å². The van der Waals surface area contributed by atoms with Crippen LogP contribution in [0.4, 0.5) is 4.39 Å². The summed E-state index contributed by atoms with van der Waals surface area (Å²) in [6.45, 7) is 4.11. The van der Waals surface area contributed by atoms with Crippen molar-refractivity contribution in [1.29, 1.82) is 0 Å². The highest BCUT2D eigenvalue weighted by Gasteiger charge is 2.14. The first-order valence-corrected chi connectivity index (χ1v) is 8.49. The van der Waals surface area contributed by atoms with Crippen LogP contribution in [0.15, 0.2) is 51.4 Å². The molecule has 0 fully saturated rings. The number of rotatable bonds is 5. The molecule has 21 heavy (non-hydrogen) atoms. The molecule has 2 aromatic rings. The number of benzene rings is 2. The first-order chi connectivity index (χ1) is 9.95. The van der Waals surface area contributed by atoms with E-state index in [2.05, 4.69) is 56.2 Å². The van der Waals surface area contributed by atoms with E-state index in [1.807, 2.05) is 31.2 Å². The lowest BCUT2D eigenvalue weighted by atomic mass is 10.0. The van der Waals surface area contributed by atoms with E-state index >= 15 is 0 Å². The lowest BCUT2D eigenvalue weighted by Gasteiger charge is -2.21. The average molecular weight is 415 g/mol. The summed E-state index contributed by atoms with van der Waals surface area (Å²) in [5.74, 6) is -0.180. The molecule has 2 rings (SSSR count). The van der Waals surface area contributed by atoms with Crippen LogP contribution >= 0.6 is 31.9 Å². The van der Waals surface area contributed by atoms with Crippen molar-refractivity contribution in [1.82, 2.24) is 5.32 Å². The second-order valence-electron chi connectivity index (χ2n) is 5.29. The Hall–Kier alpha value is -0.710. The van der Waals surface area contributed by atoms with Crippen LogP contribution in [0.3, 0.4) is 0 Å². The topological polar surface area (TPSA) is 12.0 Å². The van der Waals surface area contributed by atoms with Gasteiger partial charge in [0.15, 0.2) is 0 Å². The Morgan fingerprint density at radius 2 is 1.62 bits per heavy atom. The Bertz CT molecular complexity index is 598. The number of halogens is 3. The minimum Gasteiger partial charge on any atom is -0.307 e. The van der Waals surface area contributed by atoms with E-state index in [0.717, 1.165) is 15.4 Å². The van der Waals surface area contributed by atoms with Gasteiger partial charge in [-0.05, 0) is 50.1 Å². The van der Waals surface area contributed by atoms with Crippen molar-refractivity contribution < 1.29 is 4.39 Å². The summed E-state index contributed by atoms with van der Waals surface area (Å²) < 4.78 is 15.8. The molecule has 0 heterocycles. The van der Waals surface area contributed by atoms with Crippen molar-refractivity contribution in [3.05, 3.63) is 68.4 Å². The van der Waals surface area contributed by atoms with Crippen LogP contribution in [0.1, 0.15) is 31.0 Å². The molecule has 0 bridgehead atoms. The van der Waals surface area contributed by atoms with E-state index in [4.69, 9.17) is 0 Å². The van der Waals surface area contributed by atoms with Gasteiger partial charge in [-0.3, -0.25) is 0 Å². The van der Waals surface area contributed by atoms with E-state index in [-0.39, 0.29) is 17.9 Å². The zero-order valence-electron chi connectivity index (χ0n) is 12.0. The maximum atomic E-state index is 13.9. The molecule has 2 aromatic carbocycles. The molecule has 2 atom stereocenters. The molecule has 112 valence electrons. The van der Waals surface area contributed by atoms with Crippen LogP contribution < -0.4 is 5.32 Å². The molecule has 1 N–H and O–H groups in total. The molecule has 1 nitrogen and oxygen atoms in total. The summed E-state index contributed by atoms with van der Waals surface area (Å²) in [7, 11) is 0. The van der Waals surface area contributed by atoms with Gasteiger partial charge in [0.25, 0.3) is 0 Å². The highest BCUT2D eigenvalue weighted by molar-refractivity contribution is 9.10. The van der Waals surface area contributed by atoms with Crippen LogP contribution in [0.5, 0.6) is 0 Å². The third-order valence-electron chi connectivity index (χ3n) is 3.42. The normalized spacial score (nSPS) is 14.0. The number of nitrogens with one attached hydrogen (secondary N) is 1. The molecule has 4 heteroatoms. The summed E-state index contributed by atoms with van der Waals surface area (Å²) in [4.78, 5) is 0. The zero-order valence-corrected chi connectivity index (χ0v) is 15.2. The lowest BCUT2D eigenvalue weighted by molar-refractivity contribution is 0.460. The molecular weight excluding hydrogens is 397 g/mol. The molecule has 0 aliphatic carbocycles. The molecule has 0 aliphatic rings. The largest absolute Gasteiger partial charge is 0.307 e. The lowest BCUT2D eigenvalue weighted by Crippen LogP contribution is -2.31. The second kappa shape index (κ2) is 7.52. The Morgan fingerprint density at radius 1 is 1.00 bits per heavy atom. The Morgan fingerprint density at radius 3 is 2.24 bits per heavy atom. The minimum absolute atomic E-state index is 0.0245. The van der Waals surface area contributed by atoms with Gasteiger partial charge in [0.05, 0.1) is 0 Å². The van der Waals surface area contributed by atoms with E-state index in [0.29, 0.717) is 5.56 Å². The summed E-state index contributed by atoms with van der Waals surface area (Å²) in [5.41, 5.74) is 1.96. The van der Waals surface area contributed by atoms with Crippen molar-refractivity contribution in [2.24, 2.45) is 0 Å². The van der Waals surface area contributed by atoms with Crippen molar-refractivity contribution >= 4 is 31.9 Å². The standard InChI is InChI=1S/C17H18Br2FN/c1-11(9-13-3-5-14(18)6-4-13)21-12(2)16-8-7-15(19)10-17(16)20/h3-8,10-12,21H,9H2,1-2H3. The molecular formula is C17H18Br2FN. The Balaban J connectivity index is 1.98. The van der Waals surface area contributed by atoms with Crippen LogP contribution in [-0.4, -0.2) is 6.04 Å². The van der Waals surface area contributed by atoms with Gasteiger partial charge in [0, 0.05) is 26.6 Å². The van der Waals surface area contributed by atoms with Gasteiger partial charge in [-0.1, -0.05) is 50.1 Å². The predicted octanol–water partition coefficient (Wildman–Crippen LogP) is 5.63. The second-order valence-corrected chi connectivity index (χ2v) is 7.12. The summed E-state index contributed by atoms with van der Waals surface area (Å²) >= 11 is 6.72. The van der Waals surface area contributed by atoms with E-state index in [9.17, 15) is 4.39 Å².